The molecule has 21 heavy (non-hydrogen) atoms. The van der Waals surface area contributed by atoms with Gasteiger partial charge in [-0.25, -0.2) is 0 Å². The molecule has 3 nitrogen and oxygen atoms in total. The number of benzene rings is 2. The van der Waals surface area contributed by atoms with Crippen LogP contribution in [0.4, 0.5) is 0 Å². The van der Waals surface area contributed by atoms with E-state index in [1.807, 2.05) is 30.3 Å². The summed E-state index contributed by atoms with van der Waals surface area (Å²) in [5, 5.41) is 3.51. The number of fused-ring (bicyclic) bond motifs is 1. The van der Waals surface area contributed by atoms with Crippen LogP contribution in [0, 0.1) is 0 Å². The van der Waals surface area contributed by atoms with Crippen molar-refractivity contribution >= 4 is 21.4 Å². The van der Waals surface area contributed by atoms with E-state index >= 15 is 0 Å². The minimum absolute atomic E-state index is 0.0863. The molecule has 3 aromatic rings. The van der Waals surface area contributed by atoms with Crippen LogP contribution in [0.5, 0.6) is 5.75 Å². The molecule has 0 saturated carbocycles. The van der Waals surface area contributed by atoms with Crippen LogP contribution in [-0.4, -0.2) is 12.6 Å². The third-order valence-electron chi connectivity index (χ3n) is 3.46. The summed E-state index contributed by atoms with van der Waals surface area (Å²) in [4.78, 5) is 0. The van der Waals surface area contributed by atoms with E-state index in [0.29, 0.717) is 6.61 Å². The van der Waals surface area contributed by atoms with Crippen molar-refractivity contribution in [2.45, 2.75) is 12.5 Å². The van der Waals surface area contributed by atoms with E-state index in [2.05, 4.69) is 35.1 Å². The van der Waals surface area contributed by atoms with Gasteiger partial charge in [0, 0.05) is 4.70 Å². The molecule has 0 fully saturated rings. The smallest absolute Gasteiger partial charge is 0.119 e. The largest absolute Gasteiger partial charge is 0.492 e. The van der Waals surface area contributed by atoms with Crippen LogP contribution in [0.15, 0.2) is 60.0 Å². The lowest BCUT2D eigenvalue weighted by molar-refractivity contribution is 0.264. The van der Waals surface area contributed by atoms with Crippen molar-refractivity contribution in [3.05, 3.63) is 65.5 Å². The topological polar surface area (TPSA) is 47.3 Å². The second kappa shape index (κ2) is 6.72. The predicted octanol–water partition coefficient (Wildman–Crippen LogP) is 3.35. The van der Waals surface area contributed by atoms with E-state index in [1.165, 1.54) is 15.6 Å². The van der Waals surface area contributed by atoms with E-state index in [4.69, 9.17) is 10.6 Å². The maximum Gasteiger partial charge on any atom is 0.119 e. The highest BCUT2D eigenvalue weighted by Gasteiger charge is 2.12. The van der Waals surface area contributed by atoms with Crippen molar-refractivity contribution in [3.63, 3.8) is 0 Å². The summed E-state index contributed by atoms with van der Waals surface area (Å²) < 4.78 is 7.09. The molecule has 0 amide bonds. The first-order valence-electron chi connectivity index (χ1n) is 6.96. The van der Waals surface area contributed by atoms with Gasteiger partial charge >= 0.3 is 0 Å². The second-order valence-electron chi connectivity index (χ2n) is 4.95. The summed E-state index contributed by atoms with van der Waals surface area (Å²) in [6.45, 7) is 0.546. The Morgan fingerprint density at radius 2 is 1.81 bits per heavy atom. The maximum atomic E-state index is 5.78. The average Bonchev–Trinajstić information content (AvgIpc) is 2.95. The van der Waals surface area contributed by atoms with Crippen molar-refractivity contribution in [1.29, 1.82) is 0 Å². The van der Waals surface area contributed by atoms with Crippen LogP contribution in [0.2, 0.25) is 0 Å². The normalized spacial score (nSPS) is 12.4. The van der Waals surface area contributed by atoms with Crippen LogP contribution in [-0.2, 0) is 6.42 Å². The van der Waals surface area contributed by atoms with Gasteiger partial charge in [-0.05, 0) is 40.9 Å². The first-order chi connectivity index (χ1) is 10.4. The van der Waals surface area contributed by atoms with E-state index in [9.17, 15) is 0 Å². The number of rotatable bonds is 6. The van der Waals surface area contributed by atoms with E-state index in [-0.39, 0.29) is 6.04 Å². The van der Waals surface area contributed by atoms with Crippen molar-refractivity contribution in [1.82, 2.24) is 5.43 Å². The number of nitrogens with one attached hydrogen (secondary N) is 1. The molecule has 1 unspecified atom stereocenters. The molecule has 3 rings (SSSR count). The van der Waals surface area contributed by atoms with Gasteiger partial charge in [-0.15, -0.1) is 11.3 Å². The van der Waals surface area contributed by atoms with E-state index < -0.39 is 0 Å². The summed E-state index contributed by atoms with van der Waals surface area (Å²) in [6.07, 6.45) is 0.855. The number of ether oxygens (including phenoxy) is 1. The number of hydrazine groups is 1. The Balaban J connectivity index is 1.67. The minimum Gasteiger partial charge on any atom is -0.492 e. The Hall–Kier alpha value is -1.88. The lowest BCUT2D eigenvalue weighted by Gasteiger charge is -2.16. The van der Waals surface area contributed by atoms with Crippen molar-refractivity contribution in [2.75, 3.05) is 6.61 Å². The van der Waals surface area contributed by atoms with Crippen molar-refractivity contribution < 1.29 is 4.74 Å². The van der Waals surface area contributed by atoms with Crippen molar-refractivity contribution in [2.24, 2.45) is 5.84 Å². The molecule has 0 aliphatic heterocycles. The van der Waals surface area contributed by atoms with E-state index in [1.54, 1.807) is 11.3 Å². The minimum atomic E-state index is 0.0863. The number of nitrogens with two attached hydrogens (primary N) is 1. The van der Waals surface area contributed by atoms with Crippen LogP contribution in [0.25, 0.3) is 10.1 Å². The molecular weight excluding hydrogens is 280 g/mol. The standard InChI is InChI=1S/C17H18N2OS/c18-19-14(11-20-15-6-2-1-3-7-15)10-13-12-21-17-9-5-4-8-16(13)17/h1-9,12,14,19H,10-11,18H2. The first-order valence-corrected chi connectivity index (χ1v) is 7.84. The zero-order chi connectivity index (χ0) is 14.5. The van der Waals surface area contributed by atoms with Gasteiger partial charge in [0.1, 0.15) is 12.4 Å². The Kier molecular flexibility index (Phi) is 4.50. The number of thiophene rings is 1. The predicted molar refractivity (Wildman–Crippen MR) is 88.6 cm³/mol. The van der Waals surface area contributed by atoms with Crippen molar-refractivity contribution in [3.8, 4) is 5.75 Å². The molecule has 2 aromatic carbocycles. The number of hydrogen-bond donors (Lipinski definition) is 2. The summed E-state index contributed by atoms with van der Waals surface area (Å²) in [5.74, 6) is 6.54. The van der Waals surface area contributed by atoms with Crippen LogP contribution < -0.4 is 16.0 Å². The van der Waals surface area contributed by atoms with Gasteiger partial charge in [-0.3, -0.25) is 11.3 Å². The lowest BCUT2D eigenvalue weighted by Crippen LogP contribution is -2.41. The lowest BCUT2D eigenvalue weighted by atomic mass is 10.1. The third-order valence-corrected chi connectivity index (χ3v) is 4.47. The highest BCUT2D eigenvalue weighted by atomic mass is 32.1. The molecule has 0 bridgehead atoms. The monoisotopic (exact) mass is 298 g/mol. The van der Waals surface area contributed by atoms with Crippen LogP contribution in [0.3, 0.4) is 0 Å². The fourth-order valence-corrected chi connectivity index (χ4v) is 3.31. The SMILES string of the molecule is NNC(COc1ccccc1)Cc1csc2ccccc12. The number of hydrogen-bond acceptors (Lipinski definition) is 4. The van der Waals surface area contributed by atoms with Gasteiger partial charge < -0.3 is 4.74 Å². The molecule has 0 radical (unpaired) electrons. The molecule has 0 saturated heterocycles. The van der Waals surface area contributed by atoms with E-state index in [0.717, 1.165) is 12.2 Å². The Labute approximate surface area is 128 Å². The molecule has 108 valence electrons. The fourth-order valence-electron chi connectivity index (χ4n) is 2.34. The van der Waals surface area contributed by atoms with Gasteiger partial charge in [0.2, 0.25) is 0 Å². The van der Waals surface area contributed by atoms with Gasteiger partial charge in [-0.1, -0.05) is 36.4 Å². The second-order valence-corrected chi connectivity index (χ2v) is 5.86. The summed E-state index contributed by atoms with van der Waals surface area (Å²) in [5.41, 5.74) is 4.17. The van der Waals surface area contributed by atoms with Gasteiger partial charge in [0.05, 0.1) is 6.04 Å². The highest BCUT2D eigenvalue weighted by molar-refractivity contribution is 7.17. The summed E-state index contributed by atoms with van der Waals surface area (Å²) in [7, 11) is 0. The Morgan fingerprint density at radius 3 is 2.62 bits per heavy atom. The Morgan fingerprint density at radius 1 is 1.05 bits per heavy atom. The zero-order valence-corrected chi connectivity index (χ0v) is 12.5. The molecular formula is C17H18N2OS. The first kappa shape index (κ1) is 14.1. The van der Waals surface area contributed by atoms with Gasteiger partial charge in [0.15, 0.2) is 0 Å². The quantitative estimate of drug-likeness (QED) is 0.542. The van der Waals surface area contributed by atoms with Crippen LogP contribution >= 0.6 is 11.3 Å². The highest BCUT2D eigenvalue weighted by Crippen LogP contribution is 2.26. The molecule has 1 aromatic heterocycles. The third kappa shape index (κ3) is 3.42. The molecule has 3 N–H and O–H groups in total. The molecule has 1 atom stereocenters. The number of para-hydroxylation sites is 1. The summed E-state index contributed by atoms with van der Waals surface area (Å²) >= 11 is 1.77. The molecule has 1 heterocycles. The molecule has 0 spiro atoms. The average molecular weight is 298 g/mol. The summed E-state index contributed by atoms with van der Waals surface area (Å²) in [6, 6.07) is 18.3. The van der Waals surface area contributed by atoms with Crippen LogP contribution in [0.1, 0.15) is 5.56 Å². The molecule has 0 aliphatic rings. The zero-order valence-electron chi connectivity index (χ0n) is 11.7. The Bertz CT molecular complexity index is 696. The maximum absolute atomic E-state index is 5.78. The van der Waals surface area contributed by atoms with Gasteiger partial charge in [-0.2, -0.15) is 0 Å². The van der Waals surface area contributed by atoms with Gasteiger partial charge in [0.25, 0.3) is 0 Å². The fraction of sp³-hybridized carbons (Fsp3) is 0.176. The molecule has 0 aliphatic carbocycles. The molecule has 4 heteroatoms.